The zero-order valence-electron chi connectivity index (χ0n) is 17.6. The molecule has 0 fully saturated rings. The Hall–Kier alpha value is -3.20. The number of thiol groups is 1. The molecule has 1 aromatic carbocycles. The van der Waals surface area contributed by atoms with Gasteiger partial charge in [-0.25, -0.2) is 4.39 Å². The lowest BCUT2D eigenvalue weighted by Crippen LogP contribution is -2.29. The van der Waals surface area contributed by atoms with Crippen molar-refractivity contribution in [2.24, 2.45) is 5.92 Å². The molecule has 172 valence electrons. The van der Waals surface area contributed by atoms with Crippen LogP contribution in [0.3, 0.4) is 0 Å². The lowest BCUT2D eigenvalue weighted by atomic mass is 10.0. The number of nitrogens with zero attached hydrogens (tertiary/aromatic N) is 1. The molecule has 1 amide bonds. The second-order valence-corrected chi connectivity index (χ2v) is 8.29. The minimum atomic E-state index is -3.02. The van der Waals surface area contributed by atoms with Gasteiger partial charge in [-0.15, -0.1) is 0 Å². The van der Waals surface area contributed by atoms with E-state index in [0.717, 1.165) is 5.57 Å². The van der Waals surface area contributed by atoms with Gasteiger partial charge in [0.1, 0.15) is 11.4 Å². The number of carbonyl (C=O) groups excluding carboxylic acids is 1. The van der Waals surface area contributed by atoms with E-state index in [1.165, 1.54) is 18.3 Å². The summed E-state index contributed by atoms with van der Waals surface area (Å²) in [4.78, 5) is 16.7. The van der Waals surface area contributed by atoms with E-state index >= 15 is 0 Å². The largest absolute Gasteiger partial charge is 0.452 e. The van der Waals surface area contributed by atoms with Crippen LogP contribution in [0.5, 0.6) is 5.75 Å². The van der Waals surface area contributed by atoms with Gasteiger partial charge >= 0.3 is 6.61 Å². The van der Waals surface area contributed by atoms with Crippen molar-refractivity contribution in [2.75, 3.05) is 6.54 Å². The number of furan rings is 1. The number of fused-ring (bicyclic) bond motifs is 3. The third-order valence-electron chi connectivity index (χ3n) is 5.31. The summed E-state index contributed by atoms with van der Waals surface area (Å²) in [5.41, 5.74) is 1.98. The van der Waals surface area contributed by atoms with E-state index in [2.05, 4.69) is 27.7 Å². The molecular formula is C24H21F3N2O3S. The lowest BCUT2D eigenvalue weighted by Gasteiger charge is -2.16. The van der Waals surface area contributed by atoms with Gasteiger partial charge in [-0.05, 0) is 36.3 Å². The number of carbonyl (C=O) groups is 1. The molecular weight excluding hydrogens is 453 g/mol. The Balaban J connectivity index is 1.55. The Morgan fingerprint density at radius 3 is 2.94 bits per heavy atom. The van der Waals surface area contributed by atoms with Crippen LogP contribution in [0.1, 0.15) is 24.2 Å². The number of benzene rings is 1. The first-order valence-corrected chi connectivity index (χ1v) is 10.8. The Morgan fingerprint density at radius 1 is 1.33 bits per heavy atom. The lowest BCUT2D eigenvalue weighted by molar-refractivity contribution is -0.121. The highest BCUT2D eigenvalue weighted by Crippen LogP contribution is 2.41. The minimum absolute atomic E-state index is 0.0146. The number of alkyl halides is 2. The van der Waals surface area contributed by atoms with E-state index in [1.54, 1.807) is 43.5 Å². The maximum absolute atomic E-state index is 14.3. The van der Waals surface area contributed by atoms with Crippen molar-refractivity contribution in [1.29, 1.82) is 0 Å². The quantitative estimate of drug-likeness (QED) is 0.410. The summed E-state index contributed by atoms with van der Waals surface area (Å²) in [5.74, 6) is -1.32. The average Bonchev–Trinajstić information content (AvgIpc) is 3.07. The maximum atomic E-state index is 14.3. The van der Waals surface area contributed by atoms with Crippen molar-refractivity contribution >= 4 is 40.5 Å². The zero-order valence-corrected chi connectivity index (χ0v) is 18.5. The predicted molar refractivity (Wildman–Crippen MR) is 123 cm³/mol. The van der Waals surface area contributed by atoms with Crippen molar-refractivity contribution < 1.29 is 27.1 Å². The zero-order chi connectivity index (χ0) is 23.5. The molecule has 1 N–H and O–H groups in total. The van der Waals surface area contributed by atoms with E-state index in [4.69, 9.17) is 4.42 Å². The monoisotopic (exact) mass is 474 g/mol. The summed E-state index contributed by atoms with van der Waals surface area (Å²) in [7, 11) is 0. The smallest absolute Gasteiger partial charge is 0.387 e. The average molecular weight is 475 g/mol. The highest BCUT2D eigenvalue weighted by Gasteiger charge is 2.23. The van der Waals surface area contributed by atoms with Crippen LogP contribution in [0.2, 0.25) is 0 Å². The van der Waals surface area contributed by atoms with Crippen molar-refractivity contribution in [2.45, 2.75) is 25.2 Å². The van der Waals surface area contributed by atoms with Crippen molar-refractivity contribution in [3.05, 3.63) is 71.9 Å². The molecule has 0 aliphatic heterocycles. The number of amides is 1. The van der Waals surface area contributed by atoms with E-state index in [9.17, 15) is 18.0 Å². The van der Waals surface area contributed by atoms with Crippen molar-refractivity contribution in [1.82, 2.24) is 10.3 Å². The Morgan fingerprint density at radius 2 is 2.15 bits per heavy atom. The fourth-order valence-corrected chi connectivity index (χ4v) is 4.13. The highest BCUT2D eigenvalue weighted by atomic mass is 32.1. The van der Waals surface area contributed by atoms with Crippen LogP contribution in [0.15, 0.2) is 70.7 Å². The molecule has 2 heterocycles. The van der Waals surface area contributed by atoms with Gasteiger partial charge in [0.25, 0.3) is 0 Å². The van der Waals surface area contributed by atoms with Crippen molar-refractivity contribution in [3.63, 3.8) is 0 Å². The molecule has 3 aromatic rings. The number of rotatable bonds is 7. The van der Waals surface area contributed by atoms with Crippen LogP contribution in [0.25, 0.3) is 21.9 Å². The first kappa shape index (κ1) is 23.0. The van der Waals surface area contributed by atoms with E-state index in [1.807, 2.05) is 0 Å². The number of allylic oxidation sites excluding steroid dienone is 4. The minimum Gasteiger partial charge on any atom is -0.452 e. The SMILES string of the molecule is CC1=CC=CC(CNC(=O)CC(S)c2ccc(OC(F)F)c3oc4ccncc4c23)C(F)=C1. The second kappa shape index (κ2) is 9.74. The normalized spacial score (nSPS) is 17.1. The molecule has 9 heteroatoms. The first-order valence-electron chi connectivity index (χ1n) is 10.2. The van der Waals surface area contributed by atoms with Crippen LogP contribution >= 0.6 is 12.6 Å². The van der Waals surface area contributed by atoms with Crippen molar-refractivity contribution in [3.8, 4) is 5.75 Å². The molecule has 1 aliphatic rings. The summed E-state index contributed by atoms with van der Waals surface area (Å²) >= 11 is 4.59. The molecule has 5 nitrogen and oxygen atoms in total. The molecule has 1 aliphatic carbocycles. The van der Waals surface area contributed by atoms with Gasteiger partial charge in [0, 0.05) is 47.3 Å². The highest BCUT2D eigenvalue weighted by molar-refractivity contribution is 7.80. The van der Waals surface area contributed by atoms with Crippen LogP contribution in [0, 0.1) is 5.92 Å². The summed E-state index contributed by atoms with van der Waals surface area (Å²) in [6.07, 6.45) is 9.75. The molecule has 0 radical (unpaired) electrons. The van der Waals surface area contributed by atoms with Gasteiger partial charge in [0.05, 0.1) is 0 Å². The molecule has 2 aromatic heterocycles. The van der Waals surface area contributed by atoms with Gasteiger partial charge in [0.2, 0.25) is 5.91 Å². The molecule has 0 saturated heterocycles. The summed E-state index contributed by atoms with van der Waals surface area (Å²) in [6, 6.07) is 4.56. The van der Waals surface area contributed by atoms with Gasteiger partial charge in [-0.2, -0.15) is 21.4 Å². The summed E-state index contributed by atoms with van der Waals surface area (Å²) in [6.45, 7) is -1.12. The maximum Gasteiger partial charge on any atom is 0.387 e. The number of nitrogens with one attached hydrogen (secondary N) is 1. The Labute approximate surface area is 193 Å². The van der Waals surface area contributed by atoms with Gasteiger partial charge < -0.3 is 14.5 Å². The van der Waals surface area contributed by atoms with Crippen LogP contribution < -0.4 is 10.1 Å². The summed E-state index contributed by atoms with van der Waals surface area (Å²) < 4.78 is 50.4. The van der Waals surface area contributed by atoms with Crippen LogP contribution in [-0.4, -0.2) is 24.0 Å². The molecule has 0 saturated carbocycles. The first-order chi connectivity index (χ1) is 15.8. The number of ether oxygens (including phenoxy) is 1. The number of aromatic nitrogens is 1. The number of pyridine rings is 1. The Kier molecular flexibility index (Phi) is 6.78. The number of halogens is 3. The third kappa shape index (κ3) is 5.08. The molecule has 2 unspecified atom stereocenters. The van der Waals surface area contributed by atoms with Gasteiger partial charge in [-0.1, -0.05) is 24.3 Å². The topological polar surface area (TPSA) is 64.4 Å². The number of hydrogen-bond acceptors (Lipinski definition) is 5. The van der Waals surface area contributed by atoms with E-state index in [-0.39, 0.29) is 36.0 Å². The van der Waals surface area contributed by atoms with Gasteiger partial charge in [-0.3, -0.25) is 9.78 Å². The molecule has 0 bridgehead atoms. The molecule has 2 atom stereocenters. The Bertz CT molecular complexity index is 1280. The van der Waals surface area contributed by atoms with Gasteiger partial charge in [0.15, 0.2) is 11.3 Å². The fourth-order valence-electron chi connectivity index (χ4n) is 3.75. The predicted octanol–water partition coefficient (Wildman–Crippen LogP) is 6.05. The summed E-state index contributed by atoms with van der Waals surface area (Å²) in [5, 5.41) is 3.26. The van der Waals surface area contributed by atoms with Crippen LogP contribution in [0.4, 0.5) is 13.2 Å². The fraction of sp³-hybridized carbons (Fsp3) is 0.250. The standard InChI is InChI=1S/C24H21F3N2O3S/c1-13-3-2-4-14(17(25)9-13)11-29-21(30)10-20(33)15-5-6-19(32-24(26)27)23-22(15)16-12-28-8-7-18(16)31-23/h2-9,12,14,20,24,33H,10-11H2,1H3,(H,29,30). The third-order valence-corrected chi connectivity index (χ3v) is 5.77. The van der Waals surface area contributed by atoms with E-state index < -0.39 is 17.8 Å². The second-order valence-electron chi connectivity index (χ2n) is 7.66. The van der Waals surface area contributed by atoms with Crippen LogP contribution in [-0.2, 0) is 4.79 Å². The molecule has 4 rings (SSSR count). The molecule has 33 heavy (non-hydrogen) atoms. The number of hydrogen-bond donors (Lipinski definition) is 2. The molecule has 0 spiro atoms. The van der Waals surface area contributed by atoms with E-state index in [0.29, 0.717) is 21.9 Å².